The number of rotatable bonds is 5. The number of anilines is 1. The maximum Gasteiger partial charge on any atom is 0.343 e. The predicted octanol–water partition coefficient (Wildman–Crippen LogP) is 2.09. The van der Waals surface area contributed by atoms with Crippen molar-refractivity contribution in [3.63, 3.8) is 0 Å². The van der Waals surface area contributed by atoms with Crippen LogP contribution >= 0.6 is 11.8 Å². The molecule has 0 aromatic carbocycles. The Labute approximate surface area is 121 Å². The van der Waals surface area contributed by atoms with Gasteiger partial charge < -0.3 is 10.1 Å². The number of thioether (sulfide) groups is 1. The van der Waals surface area contributed by atoms with Crippen LogP contribution in [-0.4, -0.2) is 34.8 Å². The lowest BCUT2D eigenvalue weighted by atomic mass is 9.81. The minimum Gasteiger partial charge on any atom is -0.462 e. The largest absolute Gasteiger partial charge is 0.462 e. The van der Waals surface area contributed by atoms with Gasteiger partial charge in [0.2, 0.25) is 0 Å². The Balaban J connectivity index is 2.15. The molecule has 1 aromatic heterocycles. The fraction of sp³-hybridized carbons (Fsp3) is 0.538. The first-order valence-corrected chi connectivity index (χ1v) is 7.64. The molecule has 0 aliphatic heterocycles. The molecular formula is C13H16N4O2S. The van der Waals surface area contributed by atoms with Crippen molar-refractivity contribution in [1.82, 2.24) is 9.97 Å². The molecule has 0 atom stereocenters. The third-order valence-corrected chi connectivity index (χ3v) is 3.67. The minimum absolute atomic E-state index is 0.0976. The van der Waals surface area contributed by atoms with E-state index in [1.165, 1.54) is 18.0 Å². The zero-order valence-electron chi connectivity index (χ0n) is 11.4. The molecule has 0 unspecified atom stereocenters. The fourth-order valence-corrected chi connectivity index (χ4v) is 2.31. The summed E-state index contributed by atoms with van der Waals surface area (Å²) < 4.78 is 5.00. The highest BCUT2D eigenvalue weighted by Crippen LogP contribution is 2.30. The van der Waals surface area contributed by atoms with E-state index in [4.69, 9.17) is 10.00 Å². The van der Waals surface area contributed by atoms with Crippen LogP contribution in [0.15, 0.2) is 11.4 Å². The smallest absolute Gasteiger partial charge is 0.343 e. The SMILES string of the molecule is CCOC(=O)c1cnc(SC)nc1NC1CC(C#N)C1. The van der Waals surface area contributed by atoms with Gasteiger partial charge in [-0.3, -0.25) is 0 Å². The minimum atomic E-state index is -0.432. The van der Waals surface area contributed by atoms with Gasteiger partial charge >= 0.3 is 5.97 Å². The summed E-state index contributed by atoms with van der Waals surface area (Å²) in [6.07, 6.45) is 4.91. The number of aromatic nitrogens is 2. The molecule has 1 saturated carbocycles. The van der Waals surface area contributed by atoms with Gasteiger partial charge in [0.1, 0.15) is 11.4 Å². The van der Waals surface area contributed by atoms with E-state index in [-0.39, 0.29) is 12.0 Å². The highest BCUT2D eigenvalue weighted by molar-refractivity contribution is 7.98. The van der Waals surface area contributed by atoms with Gasteiger partial charge in [-0.05, 0) is 26.0 Å². The zero-order chi connectivity index (χ0) is 14.5. The molecule has 1 aliphatic rings. The Morgan fingerprint density at radius 3 is 3.00 bits per heavy atom. The lowest BCUT2D eigenvalue weighted by Crippen LogP contribution is -2.35. The summed E-state index contributed by atoms with van der Waals surface area (Å²) in [4.78, 5) is 20.3. The third-order valence-electron chi connectivity index (χ3n) is 3.11. The fourth-order valence-electron chi connectivity index (χ4n) is 1.97. The topological polar surface area (TPSA) is 87.9 Å². The van der Waals surface area contributed by atoms with Crippen molar-refractivity contribution in [3.8, 4) is 6.07 Å². The van der Waals surface area contributed by atoms with Gasteiger partial charge in [-0.25, -0.2) is 14.8 Å². The Morgan fingerprint density at radius 1 is 1.65 bits per heavy atom. The number of esters is 1. The Morgan fingerprint density at radius 2 is 2.40 bits per heavy atom. The molecule has 1 N–H and O–H groups in total. The van der Waals surface area contributed by atoms with Gasteiger partial charge in [0.25, 0.3) is 0 Å². The van der Waals surface area contributed by atoms with Crippen LogP contribution in [0.2, 0.25) is 0 Å². The van der Waals surface area contributed by atoms with Crippen LogP contribution in [0.3, 0.4) is 0 Å². The van der Waals surface area contributed by atoms with Crippen LogP contribution in [-0.2, 0) is 4.74 Å². The van der Waals surface area contributed by atoms with Crippen LogP contribution in [0.25, 0.3) is 0 Å². The molecule has 7 heteroatoms. The molecule has 1 fully saturated rings. The first-order valence-electron chi connectivity index (χ1n) is 6.42. The molecule has 1 heterocycles. The van der Waals surface area contributed by atoms with Crippen LogP contribution in [0, 0.1) is 17.2 Å². The molecular weight excluding hydrogens is 276 g/mol. The van der Waals surface area contributed by atoms with Gasteiger partial charge in [0.15, 0.2) is 5.16 Å². The van der Waals surface area contributed by atoms with Crippen molar-refractivity contribution in [2.75, 3.05) is 18.2 Å². The molecule has 0 spiro atoms. The number of nitriles is 1. The van der Waals surface area contributed by atoms with E-state index in [0.29, 0.717) is 23.1 Å². The number of hydrogen-bond acceptors (Lipinski definition) is 7. The average Bonchev–Trinajstić information content (AvgIpc) is 2.42. The van der Waals surface area contributed by atoms with Gasteiger partial charge in [-0.2, -0.15) is 5.26 Å². The molecule has 1 aliphatic carbocycles. The number of carbonyl (C=O) groups is 1. The van der Waals surface area contributed by atoms with Gasteiger partial charge in [-0.15, -0.1) is 0 Å². The standard InChI is InChI=1S/C13H16N4O2S/c1-3-19-12(18)10-7-15-13(20-2)17-11(10)16-9-4-8(5-9)6-14/h7-9H,3-5H2,1-2H3,(H,15,16,17). The second-order valence-corrected chi connectivity index (χ2v) is 5.25. The third kappa shape index (κ3) is 3.20. The van der Waals surface area contributed by atoms with E-state index in [1.807, 2.05) is 6.26 Å². The maximum absolute atomic E-state index is 11.9. The summed E-state index contributed by atoms with van der Waals surface area (Å²) in [7, 11) is 0. The van der Waals surface area contributed by atoms with E-state index >= 15 is 0 Å². The number of hydrogen-bond donors (Lipinski definition) is 1. The Kier molecular flexibility index (Phi) is 4.79. The molecule has 0 saturated heterocycles. The van der Waals surface area contributed by atoms with Crippen LogP contribution in [0.5, 0.6) is 0 Å². The van der Waals surface area contributed by atoms with Crippen LogP contribution in [0.1, 0.15) is 30.1 Å². The predicted molar refractivity (Wildman–Crippen MR) is 75.5 cm³/mol. The Hall–Kier alpha value is -1.81. The molecule has 2 rings (SSSR count). The number of nitrogens with one attached hydrogen (secondary N) is 1. The van der Waals surface area contributed by atoms with E-state index in [1.54, 1.807) is 6.92 Å². The van der Waals surface area contributed by atoms with Gasteiger partial charge in [0, 0.05) is 12.2 Å². The highest BCUT2D eigenvalue weighted by Gasteiger charge is 2.30. The van der Waals surface area contributed by atoms with Crippen LogP contribution < -0.4 is 5.32 Å². The first-order chi connectivity index (χ1) is 9.67. The molecule has 106 valence electrons. The summed E-state index contributed by atoms with van der Waals surface area (Å²) in [5, 5.41) is 12.6. The number of carbonyl (C=O) groups excluding carboxylic acids is 1. The van der Waals surface area contributed by atoms with E-state index in [9.17, 15) is 4.79 Å². The maximum atomic E-state index is 11.9. The number of nitrogens with zero attached hydrogens (tertiary/aromatic N) is 3. The molecule has 0 amide bonds. The van der Waals surface area contributed by atoms with Gasteiger partial charge in [-0.1, -0.05) is 11.8 Å². The second-order valence-electron chi connectivity index (χ2n) is 4.48. The summed E-state index contributed by atoms with van der Waals surface area (Å²) in [6.45, 7) is 2.06. The lowest BCUT2D eigenvalue weighted by molar-refractivity contribution is 0.0526. The quantitative estimate of drug-likeness (QED) is 0.505. The van der Waals surface area contributed by atoms with Crippen molar-refractivity contribution < 1.29 is 9.53 Å². The van der Waals surface area contributed by atoms with E-state index in [2.05, 4.69) is 21.4 Å². The number of ether oxygens (including phenoxy) is 1. The lowest BCUT2D eigenvalue weighted by Gasteiger charge is -2.32. The van der Waals surface area contributed by atoms with Crippen molar-refractivity contribution in [1.29, 1.82) is 5.26 Å². The summed E-state index contributed by atoms with van der Waals surface area (Å²) in [5.74, 6) is 0.156. The van der Waals surface area contributed by atoms with E-state index < -0.39 is 5.97 Å². The van der Waals surface area contributed by atoms with Crippen LogP contribution in [0.4, 0.5) is 5.82 Å². The van der Waals surface area contributed by atoms with Crippen molar-refractivity contribution in [3.05, 3.63) is 11.8 Å². The molecule has 0 radical (unpaired) electrons. The van der Waals surface area contributed by atoms with Gasteiger partial charge in [0.05, 0.1) is 18.6 Å². The molecule has 1 aromatic rings. The van der Waals surface area contributed by atoms with Crippen molar-refractivity contribution in [2.45, 2.75) is 31.0 Å². The van der Waals surface area contributed by atoms with Crippen molar-refractivity contribution >= 4 is 23.5 Å². The Bertz CT molecular complexity index is 538. The van der Waals surface area contributed by atoms with E-state index in [0.717, 1.165) is 12.8 Å². The second kappa shape index (κ2) is 6.57. The monoisotopic (exact) mass is 292 g/mol. The molecule has 0 bridgehead atoms. The zero-order valence-corrected chi connectivity index (χ0v) is 12.2. The van der Waals surface area contributed by atoms with Crippen molar-refractivity contribution in [2.24, 2.45) is 5.92 Å². The summed E-state index contributed by atoms with van der Waals surface area (Å²) in [6, 6.07) is 2.41. The normalized spacial score (nSPS) is 20.6. The average molecular weight is 292 g/mol. The summed E-state index contributed by atoms with van der Waals surface area (Å²) in [5.41, 5.74) is 0.338. The summed E-state index contributed by atoms with van der Waals surface area (Å²) >= 11 is 1.41. The highest BCUT2D eigenvalue weighted by atomic mass is 32.2. The molecule has 20 heavy (non-hydrogen) atoms. The first kappa shape index (κ1) is 14.6. The molecule has 6 nitrogen and oxygen atoms in total.